The van der Waals surface area contributed by atoms with E-state index in [0.717, 1.165) is 10.4 Å². The normalized spacial score (nSPS) is 10.6. The van der Waals surface area contributed by atoms with E-state index in [1.165, 1.54) is 11.3 Å². The summed E-state index contributed by atoms with van der Waals surface area (Å²) in [5.41, 5.74) is 0.777. The van der Waals surface area contributed by atoms with Gasteiger partial charge in [-0.2, -0.15) is 4.98 Å². The lowest BCUT2D eigenvalue weighted by Gasteiger charge is -1.98. The first-order valence-corrected chi connectivity index (χ1v) is 7.63. The summed E-state index contributed by atoms with van der Waals surface area (Å²) in [6, 6.07) is 10.7. The molecule has 0 saturated carbocycles. The Kier molecular flexibility index (Phi) is 4.22. The fraction of sp³-hybridized carbons (Fsp3) is 0.133. The molecule has 0 aliphatic carbocycles. The van der Waals surface area contributed by atoms with E-state index in [1.54, 1.807) is 30.3 Å². The fourth-order valence-corrected chi connectivity index (χ4v) is 2.66. The van der Waals surface area contributed by atoms with Gasteiger partial charge in [0.1, 0.15) is 4.88 Å². The quantitative estimate of drug-likeness (QED) is 0.671. The minimum absolute atomic E-state index is 0.0592. The maximum atomic E-state index is 11.8. The van der Waals surface area contributed by atoms with Crippen LogP contribution in [-0.2, 0) is 11.3 Å². The van der Waals surface area contributed by atoms with Gasteiger partial charge < -0.3 is 9.26 Å². The zero-order valence-electron chi connectivity index (χ0n) is 11.6. The van der Waals surface area contributed by atoms with E-state index in [2.05, 4.69) is 10.1 Å². The third-order valence-electron chi connectivity index (χ3n) is 2.84. The third kappa shape index (κ3) is 3.35. The summed E-state index contributed by atoms with van der Waals surface area (Å²) in [6.45, 7) is 1.87. The second-order valence-electron chi connectivity index (χ2n) is 4.51. The number of halogens is 1. The van der Waals surface area contributed by atoms with Crippen LogP contribution < -0.4 is 0 Å². The first kappa shape index (κ1) is 14.7. The molecule has 0 aliphatic heterocycles. The van der Waals surface area contributed by atoms with Gasteiger partial charge in [0, 0.05) is 15.5 Å². The SMILES string of the molecule is Cc1ccc(C(=O)OCc2nc(-c3ccc(Cl)cc3)no2)s1. The Hall–Kier alpha value is -2.18. The number of thiophene rings is 1. The summed E-state index contributed by atoms with van der Waals surface area (Å²) >= 11 is 7.21. The van der Waals surface area contributed by atoms with Crippen molar-refractivity contribution in [2.45, 2.75) is 13.5 Å². The van der Waals surface area contributed by atoms with E-state index in [1.807, 2.05) is 13.0 Å². The summed E-state index contributed by atoms with van der Waals surface area (Å²) < 4.78 is 10.2. The van der Waals surface area contributed by atoms with Gasteiger partial charge in [0.2, 0.25) is 5.82 Å². The van der Waals surface area contributed by atoms with Crippen molar-refractivity contribution in [1.82, 2.24) is 10.1 Å². The summed E-state index contributed by atoms with van der Waals surface area (Å²) in [5, 5.41) is 4.49. The molecule has 0 saturated heterocycles. The van der Waals surface area contributed by atoms with Crippen LogP contribution in [0.5, 0.6) is 0 Å². The van der Waals surface area contributed by atoms with Crippen molar-refractivity contribution < 1.29 is 14.1 Å². The molecule has 2 aromatic heterocycles. The topological polar surface area (TPSA) is 65.2 Å². The van der Waals surface area contributed by atoms with Gasteiger partial charge in [-0.05, 0) is 43.3 Å². The molecule has 0 atom stereocenters. The minimum atomic E-state index is -0.399. The lowest BCUT2D eigenvalue weighted by atomic mass is 10.2. The molecule has 0 bridgehead atoms. The first-order valence-electron chi connectivity index (χ1n) is 6.44. The van der Waals surface area contributed by atoms with Crippen molar-refractivity contribution in [2.75, 3.05) is 0 Å². The summed E-state index contributed by atoms with van der Waals surface area (Å²) in [7, 11) is 0. The van der Waals surface area contributed by atoms with Crippen molar-refractivity contribution in [2.24, 2.45) is 0 Å². The molecule has 7 heteroatoms. The van der Waals surface area contributed by atoms with Crippen LogP contribution in [0.1, 0.15) is 20.4 Å². The van der Waals surface area contributed by atoms with Gasteiger partial charge in [-0.15, -0.1) is 11.3 Å². The zero-order chi connectivity index (χ0) is 15.5. The molecule has 0 spiro atoms. The molecule has 112 valence electrons. The highest BCUT2D eigenvalue weighted by molar-refractivity contribution is 7.13. The number of nitrogens with zero attached hydrogens (tertiary/aromatic N) is 2. The number of hydrogen-bond donors (Lipinski definition) is 0. The molecule has 3 aromatic rings. The highest BCUT2D eigenvalue weighted by atomic mass is 35.5. The highest BCUT2D eigenvalue weighted by Gasteiger charge is 2.13. The number of carbonyl (C=O) groups is 1. The van der Waals surface area contributed by atoms with Gasteiger partial charge >= 0.3 is 5.97 Å². The van der Waals surface area contributed by atoms with Crippen LogP contribution in [0.4, 0.5) is 0 Å². The van der Waals surface area contributed by atoms with E-state index in [0.29, 0.717) is 15.7 Å². The highest BCUT2D eigenvalue weighted by Crippen LogP contribution is 2.20. The monoisotopic (exact) mass is 334 g/mol. The summed E-state index contributed by atoms with van der Waals surface area (Å²) in [6.07, 6.45) is 0. The second-order valence-corrected chi connectivity index (χ2v) is 6.23. The van der Waals surface area contributed by atoms with Crippen LogP contribution in [-0.4, -0.2) is 16.1 Å². The number of carbonyl (C=O) groups excluding carboxylic acids is 1. The average molecular weight is 335 g/mol. The molecule has 0 N–H and O–H groups in total. The first-order chi connectivity index (χ1) is 10.6. The van der Waals surface area contributed by atoms with Gasteiger partial charge in [0.15, 0.2) is 6.61 Å². The molecule has 0 aliphatic rings. The Morgan fingerprint density at radius 3 is 2.73 bits per heavy atom. The Morgan fingerprint density at radius 2 is 2.05 bits per heavy atom. The molecule has 0 amide bonds. The zero-order valence-corrected chi connectivity index (χ0v) is 13.1. The molecule has 5 nitrogen and oxygen atoms in total. The minimum Gasteiger partial charge on any atom is -0.451 e. The number of rotatable bonds is 4. The molecule has 22 heavy (non-hydrogen) atoms. The average Bonchev–Trinajstić information content (AvgIpc) is 3.15. The summed E-state index contributed by atoms with van der Waals surface area (Å²) in [5.74, 6) is 0.269. The van der Waals surface area contributed by atoms with Gasteiger partial charge in [0.25, 0.3) is 5.89 Å². The van der Waals surface area contributed by atoms with E-state index >= 15 is 0 Å². The molecule has 0 unspecified atom stereocenters. The number of aromatic nitrogens is 2. The smallest absolute Gasteiger partial charge is 0.348 e. The van der Waals surface area contributed by atoms with E-state index in [9.17, 15) is 4.79 Å². The van der Waals surface area contributed by atoms with Crippen molar-refractivity contribution in [3.8, 4) is 11.4 Å². The Morgan fingerprint density at radius 1 is 1.27 bits per heavy atom. The lowest BCUT2D eigenvalue weighted by molar-refractivity contribution is 0.0435. The predicted molar refractivity (Wildman–Crippen MR) is 82.9 cm³/mol. The fourth-order valence-electron chi connectivity index (χ4n) is 1.77. The molecule has 0 fully saturated rings. The Balaban J connectivity index is 1.64. The molecule has 3 rings (SSSR count). The number of hydrogen-bond acceptors (Lipinski definition) is 6. The lowest BCUT2D eigenvalue weighted by Crippen LogP contribution is -2.03. The molecular weight excluding hydrogens is 324 g/mol. The van der Waals surface area contributed by atoms with Gasteiger partial charge in [-0.3, -0.25) is 0 Å². The molecule has 1 aromatic carbocycles. The number of benzene rings is 1. The van der Waals surface area contributed by atoms with Crippen molar-refractivity contribution in [3.05, 3.63) is 57.1 Å². The number of aryl methyl sites for hydroxylation is 1. The molecular formula is C15H11ClN2O3S. The largest absolute Gasteiger partial charge is 0.451 e. The van der Waals surface area contributed by atoms with Crippen LogP contribution in [0.15, 0.2) is 40.9 Å². The van der Waals surface area contributed by atoms with Crippen molar-refractivity contribution in [1.29, 1.82) is 0 Å². The predicted octanol–water partition coefficient (Wildman–Crippen LogP) is 4.12. The van der Waals surface area contributed by atoms with E-state index in [4.69, 9.17) is 20.9 Å². The van der Waals surface area contributed by atoms with E-state index < -0.39 is 5.97 Å². The number of esters is 1. The van der Waals surface area contributed by atoms with Crippen molar-refractivity contribution >= 4 is 28.9 Å². The maximum absolute atomic E-state index is 11.8. The standard InChI is InChI=1S/C15H11ClN2O3S/c1-9-2-7-12(22-9)15(19)20-8-13-17-14(18-21-13)10-3-5-11(16)6-4-10/h2-7H,8H2,1H3. The molecule has 2 heterocycles. The van der Waals surface area contributed by atoms with Crippen LogP contribution in [0.2, 0.25) is 5.02 Å². The Bertz CT molecular complexity index is 795. The van der Waals surface area contributed by atoms with Gasteiger partial charge in [-0.25, -0.2) is 4.79 Å². The third-order valence-corrected chi connectivity index (χ3v) is 4.07. The van der Waals surface area contributed by atoms with Crippen LogP contribution >= 0.6 is 22.9 Å². The molecule has 0 radical (unpaired) electrons. The number of ether oxygens (including phenoxy) is 1. The second kappa shape index (κ2) is 6.29. The Labute approximate surface area is 135 Å². The van der Waals surface area contributed by atoms with Crippen LogP contribution in [0.3, 0.4) is 0 Å². The summed E-state index contributed by atoms with van der Waals surface area (Å²) in [4.78, 5) is 17.6. The maximum Gasteiger partial charge on any atom is 0.348 e. The van der Waals surface area contributed by atoms with Crippen LogP contribution in [0.25, 0.3) is 11.4 Å². The van der Waals surface area contributed by atoms with Crippen LogP contribution in [0, 0.1) is 6.92 Å². The van der Waals surface area contributed by atoms with E-state index in [-0.39, 0.29) is 12.5 Å². The van der Waals surface area contributed by atoms with Gasteiger partial charge in [0.05, 0.1) is 0 Å². The van der Waals surface area contributed by atoms with Crippen molar-refractivity contribution in [3.63, 3.8) is 0 Å². The van der Waals surface area contributed by atoms with Gasteiger partial charge in [-0.1, -0.05) is 16.8 Å².